The van der Waals surface area contributed by atoms with Crippen LogP contribution in [0.4, 0.5) is 0 Å². The van der Waals surface area contributed by atoms with Crippen molar-refractivity contribution in [3.8, 4) is 0 Å². The molecule has 3 heteroatoms. The Hall–Kier alpha value is -0.830. The first kappa shape index (κ1) is 13.6. The smallest absolute Gasteiger partial charge is 0.0552 e. The first-order valence-electron chi connectivity index (χ1n) is 5.76. The van der Waals surface area contributed by atoms with Crippen LogP contribution >= 0.6 is 27.5 Å². The van der Waals surface area contributed by atoms with E-state index in [1.165, 1.54) is 5.56 Å². The maximum atomic E-state index is 6.29. The molecule has 0 radical (unpaired) electrons. The molecule has 2 N–H and O–H groups in total. The first-order chi connectivity index (χ1) is 8.47. The van der Waals surface area contributed by atoms with Gasteiger partial charge in [-0.15, -0.1) is 0 Å². The van der Waals surface area contributed by atoms with E-state index in [2.05, 4.69) is 35.0 Å². The highest BCUT2D eigenvalue weighted by Gasteiger charge is 2.11. The molecule has 94 valence electrons. The van der Waals surface area contributed by atoms with Crippen molar-refractivity contribution in [2.45, 2.75) is 19.9 Å². The van der Waals surface area contributed by atoms with Crippen LogP contribution in [0.3, 0.4) is 0 Å². The Morgan fingerprint density at radius 1 is 1.06 bits per heavy atom. The summed E-state index contributed by atoms with van der Waals surface area (Å²) >= 11 is 9.64. The molecule has 18 heavy (non-hydrogen) atoms. The first-order valence-corrected chi connectivity index (χ1v) is 6.93. The fraction of sp³-hybridized carbons (Fsp3) is 0.200. The molecule has 0 aliphatic heterocycles. The van der Waals surface area contributed by atoms with Crippen LogP contribution in [0.25, 0.3) is 0 Å². The Bertz CT molecular complexity index is 560. The van der Waals surface area contributed by atoms with Crippen LogP contribution in [-0.2, 0) is 0 Å². The molecule has 0 spiro atoms. The van der Waals surface area contributed by atoms with Crippen molar-refractivity contribution in [3.63, 3.8) is 0 Å². The van der Waals surface area contributed by atoms with Crippen molar-refractivity contribution >= 4 is 27.5 Å². The van der Waals surface area contributed by atoms with E-state index in [0.29, 0.717) is 0 Å². The largest absolute Gasteiger partial charge is 0.320 e. The topological polar surface area (TPSA) is 26.0 Å². The van der Waals surface area contributed by atoms with Gasteiger partial charge in [0.2, 0.25) is 0 Å². The Balaban J connectivity index is 2.40. The molecule has 0 heterocycles. The number of nitrogens with two attached hydrogens (primary N) is 1. The van der Waals surface area contributed by atoms with Gasteiger partial charge in [0.05, 0.1) is 6.04 Å². The molecule has 0 fully saturated rings. The maximum Gasteiger partial charge on any atom is 0.0552 e. The predicted octanol–water partition coefficient (Wildman–Crippen LogP) is 4.77. The number of benzene rings is 2. The lowest BCUT2D eigenvalue weighted by Gasteiger charge is -2.15. The van der Waals surface area contributed by atoms with Crippen molar-refractivity contribution in [2.24, 2.45) is 5.73 Å². The van der Waals surface area contributed by atoms with Gasteiger partial charge in [0, 0.05) is 9.50 Å². The minimum absolute atomic E-state index is 0.153. The van der Waals surface area contributed by atoms with E-state index in [1.807, 2.05) is 31.2 Å². The minimum atomic E-state index is -0.153. The molecule has 0 amide bonds. The lowest BCUT2D eigenvalue weighted by Crippen LogP contribution is -2.12. The molecule has 0 aliphatic carbocycles. The van der Waals surface area contributed by atoms with Crippen LogP contribution in [0.2, 0.25) is 5.02 Å². The second kappa shape index (κ2) is 5.43. The van der Waals surface area contributed by atoms with Crippen LogP contribution in [0.1, 0.15) is 28.3 Å². The quantitative estimate of drug-likeness (QED) is 0.846. The zero-order valence-corrected chi connectivity index (χ0v) is 12.7. The highest BCUT2D eigenvalue weighted by Crippen LogP contribution is 2.27. The number of hydrogen-bond donors (Lipinski definition) is 1. The Morgan fingerprint density at radius 3 is 2.39 bits per heavy atom. The van der Waals surface area contributed by atoms with Crippen molar-refractivity contribution in [2.75, 3.05) is 0 Å². The van der Waals surface area contributed by atoms with Crippen molar-refractivity contribution in [3.05, 3.63) is 68.1 Å². The Labute approximate surface area is 121 Å². The number of rotatable bonds is 2. The van der Waals surface area contributed by atoms with Crippen LogP contribution in [-0.4, -0.2) is 0 Å². The summed E-state index contributed by atoms with van der Waals surface area (Å²) in [4.78, 5) is 0. The summed E-state index contributed by atoms with van der Waals surface area (Å²) < 4.78 is 1.05. The molecular formula is C15H15BrClN. The molecule has 1 unspecified atom stereocenters. The zero-order valence-electron chi connectivity index (χ0n) is 10.4. The fourth-order valence-corrected chi connectivity index (χ4v) is 2.75. The molecular weight excluding hydrogens is 310 g/mol. The van der Waals surface area contributed by atoms with Crippen LogP contribution in [0.15, 0.2) is 40.9 Å². The third kappa shape index (κ3) is 2.94. The van der Waals surface area contributed by atoms with Crippen molar-refractivity contribution < 1.29 is 0 Å². The second-order valence-corrected chi connectivity index (χ2v) is 5.87. The fourth-order valence-electron chi connectivity index (χ4n) is 1.94. The number of aryl methyl sites for hydroxylation is 2. The number of halogens is 2. The molecule has 0 aliphatic rings. The van der Waals surface area contributed by atoms with Gasteiger partial charge in [0.25, 0.3) is 0 Å². The summed E-state index contributed by atoms with van der Waals surface area (Å²) in [6.45, 7) is 4.05. The summed E-state index contributed by atoms with van der Waals surface area (Å²) in [5.74, 6) is 0. The van der Waals surface area contributed by atoms with Crippen molar-refractivity contribution in [1.29, 1.82) is 0 Å². The Kier molecular flexibility index (Phi) is 4.10. The van der Waals surface area contributed by atoms with Gasteiger partial charge in [0.15, 0.2) is 0 Å². The van der Waals surface area contributed by atoms with Gasteiger partial charge in [0.1, 0.15) is 0 Å². The van der Waals surface area contributed by atoms with Gasteiger partial charge in [-0.2, -0.15) is 0 Å². The van der Waals surface area contributed by atoms with E-state index in [0.717, 1.165) is 26.2 Å². The van der Waals surface area contributed by atoms with E-state index < -0.39 is 0 Å². The van der Waals surface area contributed by atoms with Gasteiger partial charge < -0.3 is 5.73 Å². The van der Waals surface area contributed by atoms with Crippen LogP contribution < -0.4 is 5.73 Å². The molecule has 0 saturated carbocycles. The zero-order chi connectivity index (χ0) is 13.3. The van der Waals surface area contributed by atoms with E-state index in [-0.39, 0.29) is 6.04 Å². The highest BCUT2D eigenvalue weighted by molar-refractivity contribution is 9.10. The summed E-state index contributed by atoms with van der Waals surface area (Å²) in [6, 6.07) is 12.0. The third-order valence-corrected chi connectivity index (χ3v) is 3.84. The van der Waals surface area contributed by atoms with Crippen molar-refractivity contribution in [1.82, 2.24) is 0 Å². The monoisotopic (exact) mass is 323 g/mol. The molecule has 0 saturated heterocycles. The molecule has 1 atom stereocenters. The van der Waals surface area contributed by atoms with Gasteiger partial charge >= 0.3 is 0 Å². The van der Waals surface area contributed by atoms with Crippen LogP contribution in [0, 0.1) is 13.8 Å². The van der Waals surface area contributed by atoms with Gasteiger partial charge in [-0.25, -0.2) is 0 Å². The molecule has 2 aromatic rings. The average molecular weight is 325 g/mol. The molecule has 0 aromatic heterocycles. The highest BCUT2D eigenvalue weighted by atomic mass is 79.9. The molecule has 1 nitrogen and oxygen atoms in total. The summed E-state index contributed by atoms with van der Waals surface area (Å²) in [5, 5.41) is 0.759. The predicted molar refractivity (Wildman–Crippen MR) is 81.1 cm³/mol. The standard InChI is InChI=1S/C15H15BrClN/c1-9-5-12(7-13(16)6-9)15(18)11-4-3-10(2)14(17)8-11/h3-8,15H,18H2,1-2H3. The summed E-state index contributed by atoms with van der Waals surface area (Å²) in [6.07, 6.45) is 0. The van der Waals surface area contributed by atoms with Gasteiger partial charge in [-0.3, -0.25) is 0 Å². The SMILES string of the molecule is Cc1cc(Br)cc(C(N)c2ccc(C)c(Cl)c2)c1. The Morgan fingerprint density at radius 2 is 1.78 bits per heavy atom. The summed E-state index contributed by atoms with van der Waals surface area (Å²) in [7, 11) is 0. The van der Waals surface area contributed by atoms with Gasteiger partial charge in [-0.05, 0) is 54.3 Å². The van der Waals surface area contributed by atoms with E-state index in [4.69, 9.17) is 17.3 Å². The van der Waals surface area contributed by atoms with E-state index in [1.54, 1.807) is 0 Å². The average Bonchev–Trinajstić information content (AvgIpc) is 2.30. The molecule has 0 bridgehead atoms. The molecule has 2 aromatic carbocycles. The van der Waals surface area contributed by atoms with E-state index >= 15 is 0 Å². The lowest BCUT2D eigenvalue weighted by molar-refractivity contribution is 0.868. The second-order valence-electron chi connectivity index (χ2n) is 4.55. The normalized spacial score (nSPS) is 12.5. The third-order valence-electron chi connectivity index (χ3n) is 2.98. The van der Waals surface area contributed by atoms with E-state index in [9.17, 15) is 0 Å². The maximum absolute atomic E-state index is 6.29. The lowest BCUT2D eigenvalue weighted by atomic mass is 9.97. The van der Waals surface area contributed by atoms with Gasteiger partial charge in [-0.1, -0.05) is 45.7 Å². The van der Waals surface area contributed by atoms with Crippen LogP contribution in [0.5, 0.6) is 0 Å². The summed E-state index contributed by atoms with van der Waals surface area (Å²) in [5.41, 5.74) is 10.7. The number of hydrogen-bond acceptors (Lipinski definition) is 1. The molecule has 2 rings (SSSR count). The minimum Gasteiger partial charge on any atom is -0.320 e.